The smallest absolute Gasteiger partial charge is 0.264 e. The molecule has 0 unspecified atom stereocenters. The summed E-state index contributed by atoms with van der Waals surface area (Å²) >= 11 is 2.09. The van der Waals surface area contributed by atoms with Gasteiger partial charge in [0.2, 0.25) is 0 Å². The SMILES string of the molecule is COc1ccc(-c2nc(C3CC3)c(I)c(=O)[nH]2)cc1C. The first-order valence-electron chi connectivity index (χ1n) is 6.55. The van der Waals surface area contributed by atoms with Crippen LogP contribution in [-0.4, -0.2) is 17.1 Å². The maximum atomic E-state index is 12.0. The molecule has 1 aliphatic rings. The molecule has 1 fully saturated rings. The molecule has 0 atom stereocenters. The van der Waals surface area contributed by atoms with E-state index in [1.807, 2.05) is 25.1 Å². The van der Waals surface area contributed by atoms with Crippen LogP contribution in [0.1, 0.15) is 30.0 Å². The monoisotopic (exact) mass is 382 g/mol. The number of aromatic nitrogens is 2. The molecular formula is C15H15IN2O2. The molecule has 1 heterocycles. The average Bonchev–Trinajstić information content (AvgIpc) is 3.26. The number of rotatable bonds is 3. The highest BCUT2D eigenvalue weighted by Gasteiger charge is 2.29. The lowest BCUT2D eigenvalue weighted by molar-refractivity contribution is 0.412. The molecular weight excluding hydrogens is 367 g/mol. The second-order valence-electron chi connectivity index (χ2n) is 5.07. The van der Waals surface area contributed by atoms with Crippen molar-refractivity contribution in [1.82, 2.24) is 9.97 Å². The second-order valence-corrected chi connectivity index (χ2v) is 6.15. The Labute approximate surface area is 130 Å². The van der Waals surface area contributed by atoms with Crippen LogP contribution < -0.4 is 10.3 Å². The zero-order valence-corrected chi connectivity index (χ0v) is 13.5. The molecule has 1 aromatic carbocycles. The van der Waals surface area contributed by atoms with Crippen molar-refractivity contribution in [2.45, 2.75) is 25.7 Å². The summed E-state index contributed by atoms with van der Waals surface area (Å²) in [6, 6.07) is 5.81. The van der Waals surface area contributed by atoms with Crippen LogP contribution in [0.5, 0.6) is 5.75 Å². The van der Waals surface area contributed by atoms with Crippen molar-refractivity contribution in [2.24, 2.45) is 0 Å². The summed E-state index contributed by atoms with van der Waals surface area (Å²) < 4.78 is 5.98. The molecule has 104 valence electrons. The molecule has 0 spiro atoms. The summed E-state index contributed by atoms with van der Waals surface area (Å²) in [5.41, 5.74) is 2.83. The van der Waals surface area contributed by atoms with E-state index in [1.54, 1.807) is 7.11 Å². The molecule has 1 N–H and O–H groups in total. The van der Waals surface area contributed by atoms with Crippen molar-refractivity contribution in [2.75, 3.05) is 7.11 Å². The minimum absolute atomic E-state index is 0.0500. The number of nitrogens with zero attached hydrogens (tertiary/aromatic N) is 1. The number of methoxy groups -OCH3 is 1. The Morgan fingerprint density at radius 1 is 1.40 bits per heavy atom. The number of aromatic amines is 1. The third-order valence-electron chi connectivity index (χ3n) is 3.52. The van der Waals surface area contributed by atoms with Crippen LogP contribution in [0.15, 0.2) is 23.0 Å². The van der Waals surface area contributed by atoms with Crippen molar-refractivity contribution in [3.63, 3.8) is 0 Å². The highest BCUT2D eigenvalue weighted by molar-refractivity contribution is 14.1. The first kappa shape index (κ1) is 13.6. The van der Waals surface area contributed by atoms with Crippen molar-refractivity contribution in [3.05, 3.63) is 43.4 Å². The molecule has 1 aliphatic carbocycles. The summed E-state index contributed by atoms with van der Waals surface area (Å²) in [5, 5.41) is 0. The largest absolute Gasteiger partial charge is 0.496 e. The van der Waals surface area contributed by atoms with Gasteiger partial charge in [0.25, 0.3) is 5.56 Å². The lowest BCUT2D eigenvalue weighted by atomic mass is 10.1. The van der Waals surface area contributed by atoms with Crippen LogP contribution in [-0.2, 0) is 0 Å². The van der Waals surface area contributed by atoms with Gasteiger partial charge >= 0.3 is 0 Å². The second kappa shape index (κ2) is 5.20. The highest BCUT2D eigenvalue weighted by Crippen LogP contribution is 2.40. The van der Waals surface area contributed by atoms with Gasteiger partial charge in [-0.3, -0.25) is 4.79 Å². The predicted octanol–water partition coefficient (Wildman–Crippen LogP) is 3.24. The van der Waals surface area contributed by atoms with E-state index in [9.17, 15) is 4.79 Å². The molecule has 1 aromatic heterocycles. The topological polar surface area (TPSA) is 55.0 Å². The van der Waals surface area contributed by atoms with Crippen molar-refractivity contribution < 1.29 is 4.74 Å². The Hall–Kier alpha value is -1.37. The summed E-state index contributed by atoms with van der Waals surface area (Å²) in [6.45, 7) is 1.98. The van der Waals surface area contributed by atoms with E-state index in [-0.39, 0.29) is 5.56 Å². The molecule has 0 aliphatic heterocycles. The minimum Gasteiger partial charge on any atom is -0.496 e. The zero-order chi connectivity index (χ0) is 14.3. The van der Waals surface area contributed by atoms with E-state index in [2.05, 4.69) is 32.6 Å². The van der Waals surface area contributed by atoms with E-state index in [0.29, 0.717) is 11.7 Å². The van der Waals surface area contributed by atoms with Gasteiger partial charge in [0.05, 0.1) is 16.4 Å². The third kappa shape index (κ3) is 2.46. The van der Waals surface area contributed by atoms with Gasteiger partial charge in [-0.2, -0.15) is 0 Å². The van der Waals surface area contributed by atoms with Crippen molar-refractivity contribution in [1.29, 1.82) is 0 Å². The standard InChI is InChI=1S/C15H15IN2O2/c1-8-7-10(5-6-11(8)20-2)14-17-13(9-3-4-9)12(16)15(19)18-14/h5-7,9H,3-4H2,1-2H3,(H,17,18,19). The molecule has 20 heavy (non-hydrogen) atoms. The van der Waals surface area contributed by atoms with Crippen LogP contribution in [0.2, 0.25) is 0 Å². The Morgan fingerprint density at radius 3 is 2.75 bits per heavy atom. The molecule has 5 heteroatoms. The highest BCUT2D eigenvalue weighted by atomic mass is 127. The Bertz CT molecular complexity index is 720. The van der Waals surface area contributed by atoms with Gasteiger partial charge in [0, 0.05) is 11.5 Å². The van der Waals surface area contributed by atoms with E-state index in [1.165, 1.54) is 0 Å². The van der Waals surface area contributed by atoms with Crippen molar-refractivity contribution in [3.8, 4) is 17.1 Å². The maximum absolute atomic E-state index is 12.0. The average molecular weight is 382 g/mol. The van der Waals surface area contributed by atoms with Gasteiger partial charge in [-0.25, -0.2) is 4.98 Å². The van der Waals surface area contributed by atoms with Crippen molar-refractivity contribution >= 4 is 22.6 Å². The number of nitrogens with one attached hydrogen (secondary N) is 1. The lowest BCUT2D eigenvalue weighted by Gasteiger charge is -2.09. The first-order chi connectivity index (χ1) is 9.60. The van der Waals surface area contributed by atoms with Crippen LogP contribution in [0, 0.1) is 10.5 Å². The normalized spacial score (nSPS) is 14.3. The lowest BCUT2D eigenvalue weighted by Crippen LogP contribution is -2.16. The van der Waals surface area contributed by atoms with E-state index < -0.39 is 0 Å². The molecule has 3 rings (SSSR count). The molecule has 1 saturated carbocycles. The summed E-state index contributed by atoms with van der Waals surface area (Å²) in [4.78, 5) is 19.6. The fourth-order valence-electron chi connectivity index (χ4n) is 2.27. The van der Waals surface area contributed by atoms with Gasteiger partial charge in [0.1, 0.15) is 11.6 Å². The number of aryl methyl sites for hydroxylation is 1. The summed E-state index contributed by atoms with van der Waals surface area (Å²) in [6.07, 6.45) is 2.26. The van der Waals surface area contributed by atoms with E-state index in [0.717, 1.165) is 39.0 Å². The van der Waals surface area contributed by atoms with Crippen LogP contribution in [0.25, 0.3) is 11.4 Å². The number of H-pyrrole nitrogens is 1. The van der Waals surface area contributed by atoms with Gasteiger partial charge in [-0.15, -0.1) is 0 Å². The van der Waals surface area contributed by atoms with Crippen LogP contribution >= 0.6 is 22.6 Å². The molecule has 0 saturated heterocycles. The fraction of sp³-hybridized carbons (Fsp3) is 0.333. The molecule has 0 radical (unpaired) electrons. The van der Waals surface area contributed by atoms with E-state index in [4.69, 9.17) is 4.74 Å². The Morgan fingerprint density at radius 2 is 2.15 bits per heavy atom. The van der Waals surface area contributed by atoms with Gasteiger partial charge in [-0.1, -0.05) is 0 Å². The predicted molar refractivity (Wildman–Crippen MR) is 86.3 cm³/mol. The maximum Gasteiger partial charge on any atom is 0.264 e. The number of benzene rings is 1. The third-order valence-corrected chi connectivity index (χ3v) is 4.56. The van der Waals surface area contributed by atoms with Crippen LogP contribution in [0.3, 0.4) is 0 Å². The number of hydrogen-bond donors (Lipinski definition) is 1. The molecule has 2 aromatic rings. The van der Waals surface area contributed by atoms with Gasteiger partial charge in [-0.05, 0) is 66.1 Å². The number of hydrogen-bond acceptors (Lipinski definition) is 3. The molecule has 0 bridgehead atoms. The number of ether oxygens (including phenoxy) is 1. The zero-order valence-electron chi connectivity index (χ0n) is 11.4. The minimum atomic E-state index is -0.0500. The summed E-state index contributed by atoms with van der Waals surface area (Å²) in [5.74, 6) is 1.94. The molecule has 4 nitrogen and oxygen atoms in total. The quantitative estimate of drug-likeness (QED) is 0.830. The molecule has 0 amide bonds. The Balaban J connectivity index is 2.10. The first-order valence-corrected chi connectivity index (χ1v) is 7.62. The Kier molecular flexibility index (Phi) is 3.54. The van der Waals surface area contributed by atoms with Gasteiger partial charge in [0.15, 0.2) is 0 Å². The fourth-order valence-corrected chi connectivity index (χ4v) is 2.96. The van der Waals surface area contributed by atoms with E-state index >= 15 is 0 Å². The van der Waals surface area contributed by atoms with Gasteiger partial charge < -0.3 is 9.72 Å². The number of halogens is 1. The summed E-state index contributed by atoms with van der Waals surface area (Å²) in [7, 11) is 1.65. The van der Waals surface area contributed by atoms with Crippen LogP contribution in [0.4, 0.5) is 0 Å².